The summed E-state index contributed by atoms with van der Waals surface area (Å²) in [6, 6.07) is 15.6. The number of benzene rings is 2. The molecule has 2 nitrogen and oxygen atoms in total. The second-order valence-corrected chi connectivity index (χ2v) is 5.17. The SMILES string of the molecule is O=C1OCc2ccccc2/C1=C\c1ccccc1Br. The summed E-state index contributed by atoms with van der Waals surface area (Å²) in [7, 11) is 0. The Balaban J connectivity index is 2.14. The van der Waals surface area contributed by atoms with Crippen molar-refractivity contribution in [2.45, 2.75) is 6.61 Å². The van der Waals surface area contributed by atoms with Gasteiger partial charge in [0.05, 0.1) is 5.57 Å². The molecular weight excluding hydrogens is 304 g/mol. The van der Waals surface area contributed by atoms with Crippen LogP contribution in [0.4, 0.5) is 0 Å². The molecule has 0 saturated carbocycles. The van der Waals surface area contributed by atoms with Crippen LogP contribution in [0.5, 0.6) is 0 Å². The number of esters is 1. The fourth-order valence-corrected chi connectivity index (χ4v) is 2.52. The Morgan fingerprint density at radius 1 is 1.05 bits per heavy atom. The lowest BCUT2D eigenvalue weighted by Gasteiger charge is -2.18. The molecule has 0 N–H and O–H groups in total. The minimum atomic E-state index is -0.269. The van der Waals surface area contributed by atoms with Gasteiger partial charge in [-0.15, -0.1) is 0 Å². The molecule has 0 fully saturated rings. The summed E-state index contributed by atoms with van der Waals surface area (Å²) >= 11 is 3.49. The monoisotopic (exact) mass is 314 g/mol. The lowest BCUT2D eigenvalue weighted by atomic mass is 9.96. The lowest BCUT2D eigenvalue weighted by Crippen LogP contribution is -2.15. The van der Waals surface area contributed by atoms with E-state index in [2.05, 4.69) is 15.9 Å². The molecule has 1 aliphatic rings. The number of fused-ring (bicyclic) bond motifs is 1. The van der Waals surface area contributed by atoms with Gasteiger partial charge in [-0.1, -0.05) is 58.4 Å². The Hall–Kier alpha value is -1.87. The summed E-state index contributed by atoms with van der Waals surface area (Å²) in [4.78, 5) is 12.0. The maximum absolute atomic E-state index is 12.0. The number of halogens is 1. The predicted octanol–water partition coefficient (Wildman–Crippen LogP) is 4.05. The molecule has 0 aliphatic carbocycles. The largest absolute Gasteiger partial charge is 0.457 e. The Morgan fingerprint density at radius 3 is 2.63 bits per heavy atom. The molecule has 2 aromatic carbocycles. The Kier molecular flexibility index (Phi) is 3.22. The molecule has 0 bridgehead atoms. The van der Waals surface area contributed by atoms with E-state index in [0.29, 0.717) is 12.2 Å². The van der Waals surface area contributed by atoms with E-state index in [1.165, 1.54) is 0 Å². The van der Waals surface area contributed by atoms with Crippen LogP contribution in [0.25, 0.3) is 11.6 Å². The highest BCUT2D eigenvalue weighted by atomic mass is 79.9. The zero-order chi connectivity index (χ0) is 13.2. The second-order valence-electron chi connectivity index (χ2n) is 4.31. The maximum Gasteiger partial charge on any atom is 0.339 e. The van der Waals surface area contributed by atoms with Crippen LogP contribution in [0.2, 0.25) is 0 Å². The molecule has 1 aliphatic heterocycles. The molecular formula is C16H11BrO2. The van der Waals surface area contributed by atoms with Crippen LogP contribution in [0.3, 0.4) is 0 Å². The molecule has 0 unspecified atom stereocenters. The summed E-state index contributed by atoms with van der Waals surface area (Å²) in [6.07, 6.45) is 1.87. The fourth-order valence-electron chi connectivity index (χ4n) is 2.12. The summed E-state index contributed by atoms with van der Waals surface area (Å²) in [5.74, 6) is -0.269. The number of carbonyl (C=O) groups is 1. The molecule has 0 aromatic heterocycles. The zero-order valence-electron chi connectivity index (χ0n) is 10.1. The Bertz CT molecular complexity index is 674. The molecule has 1 heterocycles. The Labute approximate surface area is 119 Å². The number of hydrogen-bond acceptors (Lipinski definition) is 2. The molecule has 19 heavy (non-hydrogen) atoms. The fraction of sp³-hybridized carbons (Fsp3) is 0.0625. The van der Waals surface area contributed by atoms with Crippen molar-refractivity contribution in [1.29, 1.82) is 0 Å². The van der Waals surface area contributed by atoms with E-state index in [1.54, 1.807) is 0 Å². The number of cyclic esters (lactones) is 1. The van der Waals surface area contributed by atoms with Gasteiger partial charge in [0.25, 0.3) is 0 Å². The van der Waals surface area contributed by atoms with Gasteiger partial charge in [-0.3, -0.25) is 0 Å². The van der Waals surface area contributed by atoms with E-state index in [-0.39, 0.29) is 5.97 Å². The van der Waals surface area contributed by atoms with Gasteiger partial charge in [0.1, 0.15) is 6.61 Å². The van der Waals surface area contributed by atoms with E-state index in [1.807, 2.05) is 54.6 Å². The minimum absolute atomic E-state index is 0.269. The van der Waals surface area contributed by atoms with Gasteiger partial charge < -0.3 is 4.74 Å². The van der Waals surface area contributed by atoms with Crippen LogP contribution in [0.15, 0.2) is 53.0 Å². The van der Waals surface area contributed by atoms with Crippen molar-refractivity contribution >= 4 is 33.5 Å². The summed E-state index contributed by atoms with van der Waals surface area (Å²) in [5.41, 5.74) is 3.56. The van der Waals surface area contributed by atoms with Gasteiger partial charge in [0.15, 0.2) is 0 Å². The highest BCUT2D eigenvalue weighted by Crippen LogP contribution is 2.30. The maximum atomic E-state index is 12.0. The van der Waals surface area contributed by atoms with Crippen LogP contribution in [-0.2, 0) is 16.1 Å². The van der Waals surface area contributed by atoms with Crippen LogP contribution in [0, 0.1) is 0 Å². The highest BCUT2D eigenvalue weighted by molar-refractivity contribution is 9.10. The van der Waals surface area contributed by atoms with Gasteiger partial charge in [0, 0.05) is 4.47 Å². The first kappa shape index (κ1) is 12.2. The standard InChI is InChI=1S/C16H11BrO2/c17-15-8-4-2-5-11(15)9-14-13-7-3-1-6-12(13)10-19-16(14)18/h1-9H,10H2/b14-9+. The minimum Gasteiger partial charge on any atom is -0.457 e. The molecule has 0 spiro atoms. The van der Waals surface area contributed by atoms with Gasteiger partial charge in [-0.25, -0.2) is 4.79 Å². The second kappa shape index (κ2) is 5.02. The lowest BCUT2D eigenvalue weighted by molar-refractivity contribution is -0.138. The average Bonchev–Trinajstić information content (AvgIpc) is 2.44. The van der Waals surface area contributed by atoms with E-state index < -0.39 is 0 Å². The summed E-state index contributed by atoms with van der Waals surface area (Å²) < 4.78 is 6.16. The van der Waals surface area contributed by atoms with Gasteiger partial charge >= 0.3 is 5.97 Å². The normalized spacial score (nSPS) is 16.1. The molecule has 3 heteroatoms. The van der Waals surface area contributed by atoms with E-state index >= 15 is 0 Å². The van der Waals surface area contributed by atoms with Crippen LogP contribution in [-0.4, -0.2) is 5.97 Å². The molecule has 0 atom stereocenters. The first-order valence-electron chi connectivity index (χ1n) is 5.97. The molecule has 0 saturated heterocycles. The number of carbonyl (C=O) groups excluding carboxylic acids is 1. The zero-order valence-corrected chi connectivity index (χ0v) is 11.7. The van der Waals surface area contributed by atoms with Crippen molar-refractivity contribution in [1.82, 2.24) is 0 Å². The average molecular weight is 315 g/mol. The van der Waals surface area contributed by atoms with Gasteiger partial charge in [-0.2, -0.15) is 0 Å². The predicted molar refractivity (Wildman–Crippen MR) is 78.3 cm³/mol. The number of rotatable bonds is 1. The third kappa shape index (κ3) is 2.34. The van der Waals surface area contributed by atoms with E-state index in [4.69, 9.17) is 4.74 Å². The van der Waals surface area contributed by atoms with E-state index in [9.17, 15) is 4.79 Å². The van der Waals surface area contributed by atoms with Crippen molar-refractivity contribution in [3.63, 3.8) is 0 Å². The smallest absolute Gasteiger partial charge is 0.339 e. The molecule has 3 rings (SSSR count). The molecule has 0 radical (unpaired) electrons. The van der Waals surface area contributed by atoms with Gasteiger partial charge in [-0.05, 0) is 28.8 Å². The van der Waals surface area contributed by atoms with Crippen molar-refractivity contribution in [3.8, 4) is 0 Å². The molecule has 0 amide bonds. The third-order valence-corrected chi connectivity index (χ3v) is 3.81. The van der Waals surface area contributed by atoms with Crippen molar-refractivity contribution in [2.24, 2.45) is 0 Å². The van der Waals surface area contributed by atoms with Crippen molar-refractivity contribution < 1.29 is 9.53 Å². The Morgan fingerprint density at radius 2 is 1.79 bits per heavy atom. The quantitative estimate of drug-likeness (QED) is 0.586. The molecule has 94 valence electrons. The van der Waals surface area contributed by atoms with E-state index in [0.717, 1.165) is 21.2 Å². The third-order valence-electron chi connectivity index (χ3n) is 3.09. The highest BCUT2D eigenvalue weighted by Gasteiger charge is 2.22. The summed E-state index contributed by atoms with van der Waals surface area (Å²) in [6.45, 7) is 0.350. The van der Waals surface area contributed by atoms with Crippen LogP contribution >= 0.6 is 15.9 Å². The van der Waals surface area contributed by atoms with Crippen LogP contribution in [0.1, 0.15) is 16.7 Å². The van der Waals surface area contributed by atoms with Crippen LogP contribution < -0.4 is 0 Å². The van der Waals surface area contributed by atoms with Gasteiger partial charge in [0.2, 0.25) is 0 Å². The topological polar surface area (TPSA) is 26.3 Å². The first-order valence-corrected chi connectivity index (χ1v) is 6.76. The van der Waals surface area contributed by atoms with Crippen molar-refractivity contribution in [2.75, 3.05) is 0 Å². The number of ether oxygens (including phenoxy) is 1. The van der Waals surface area contributed by atoms with Crippen molar-refractivity contribution in [3.05, 3.63) is 69.7 Å². The molecule has 2 aromatic rings. The summed E-state index contributed by atoms with van der Waals surface area (Å²) in [5, 5.41) is 0. The number of hydrogen-bond donors (Lipinski definition) is 0. The first-order chi connectivity index (χ1) is 9.25.